The first-order chi connectivity index (χ1) is 9.42. The van der Waals surface area contributed by atoms with E-state index in [1.165, 1.54) is 13.2 Å². The minimum atomic E-state index is -3.59. The number of benzene rings is 1. The van der Waals surface area contributed by atoms with Crippen molar-refractivity contribution in [1.29, 1.82) is 0 Å². The number of aryl methyl sites for hydroxylation is 1. The lowest BCUT2D eigenvalue weighted by Gasteiger charge is -2.13. The average Bonchev–Trinajstić information content (AvgIpc) is 2.41. The van der Waals surface area contributed by atoms with E-state index >= 15 is 0 Å². The maximum atomic E-state index is 12.3. The van der Waals surface area contributed by atoms with Gasteiger partial charge in [0.15, 0.2) is 0 Å². The number of unbranched alkanes of at least 4 members (excludes halogenated alkanes) is 1. The lowest BCUT2D eigenvalue weighted by Crippen LogP contribution is -2.25. The number of nitrogens with one attached hydrogen (secondary N) is 1. The normalized spacial score (nSPS) is 11.6. The lowest BCUT2D eigenvalue weighted by molar-refractivity contribution is 0.402. The molecular weight excluding hydrogens is 296 g/mol. The number of anilines is 1. The second-order valence-corrected chi connectivity index (χ2v) is 7.18. The number of hydrogen-bond acceptors (Lipinski definition) is 5. The van der Waals surface area contributed by atoms with Crippen LogP contribution < -0.4 is 15.2 Å². The minimum Gasteiger partial charge on any atom is -0.495 e. The van der Waals surface area contributed by atoms with Gasteiger partial charge in [0, 0.05) is 12.2 Å². The summed E-state index contributed by atoms with van der Waals surface area (Å²) < 4.78 is 32.2. The van der Waals surface area contributed by atoms with Gasteiger partial charge < -0.3 is 10.5 Å². The first kappa shape index (κ1) is 17.1. The Labute approximate surface area is 125 Å². The van der Waals surface area contributed by atoms with Crippen LogP contribution in [0, 0.1) is 6.92 Å². The minimum absolute atomic E-state index is 0.0907. The Balaban J connectivity index is 2.84. The molecule has 3 N–H and O–H groups in total. The van der Waals surface area contributed by atoms with Crippen LogP contribution >= 0.6 is 11.8 Å². The molecule has 7 heteroatoms. The Morgan fingerprint density at radius 2 is 2.05 bits per heavy atom. The van der Waals surface area contributed by atoms with Gasteiger partial charge in [-0.25, -0.2) is 13.1 Å². The van der Waals surface area contributed by atoms with Crippen LogP contribution in [-0.4, -0.2) is 34.1 Å². The smallest absolute Gasteiger partial charge is 0.244 e. The number of methoxy groups -OCH3 is 1. The van der Waals surface area contributed by atoms with E-state index in [1.54, 1.807) is 17.8 Å². The monoisotopic (exact) mass is 318 g/mol. The largest absolute Gasteiger partial charge is 0.495 e. The molecule has 0 heterocycles. The molecule has 20 heavy (non-hydrogen) atoms. The topological polar surface area (TPSA) is 81.4 Å². The van der Waals surface area contributed by atoms with E-state index in [4.69, 9.17) is 10.5 Å². The summed E-state index contributed by atoms with van der Waals surface area (Å²) in [5, 5.41) is 0. The Hall–Kier alpha value is -0.920. The maximum absolute atomic E-state index is 12.3. The molecule has 0 aliphatic heterocycles. The zero-order chi connectivity index (χ0) is 15.2. The molecule has 1 rings (SSSR count). The molecule has 0 saturated carbocycles. The highest BCUT2D eigenvalue weighted by Crippen LogP contribution is 2.28. The summed E-state index contributed by atoms with van der Waals surface area (Å²) in [5.74, 6) is 1.34. The van der Waals surface area contributed by atoms with Gasteiger partial charge in [0.1, 0.15) is 10.6 Å². The molecule has 1 aromatic carbocycles. The van der Waals surface area contributed by atoms with Crippen LogP contribution in [0.3, 0.4) is 0 Å². The van der Waals surface area contributed by atoms with Gasteiger partial charge in [0.05, 0.1) is 7.11 Å². The highest BCUT2D eigenvalue weighted by molar-refractivity contribution is 7.98. The summed E-state index contributed by atoms with van der Waals surface area (Å²) in [7, 11) is -2.14. The maximum Gasteiger partial charge on any atom is 0.244 e. The van der Waals surface area contributed by atoms with Gasteiger partial charge in [0.25, 0.3) is 0 Å². The van der Waals surface area contributed by atoms with Crippen molar-refractivity contribution in [2.24, 2.45) is 0 Å². The van der Waals surface area contributed by atoms with E-state index in [1.807, 2.05) is 13.2 Å². The first-order valence-corrected chi connectivity index (χ1v) is 9.22. The van der Waals surface area contributed by atoms with Crippen molar-refractivity contribution >= 4 is 27.5 Å². The second-order valence-electron chi connectivity index (χ2n) is 4.46. The molecule has 0 unspecified atom stereocenters. The molecule has 0 aliphatic rings. The van der Waals surface area contributed by atoms with Crippen molar-refractivity contribution in [1.82, 2.24) is 4.72 Å². The van der Waals surface area contributed by atoms with E-state index in [0.29, 0.717) is 18.0 Å². The zero-order valence-electron chi connectivity index (χ0n) is 12.1. The highest BCUT2D eigenvalue weighted by Gasteiger charge is 2.20. The van der Waals surface area contributed by atoms with E-state index in [2.05, 4.69) is 4.72 Å². The lowest BCUT2D eigenvalue weighted by atomic mass is 10.2. The van der Waals surface area contributed by atoms with Crippen molar-refractivity contribution in [2.45, 2.75) is 24.7 Å². The first-order valence-electron chi connectivity index (χ1n) is 6.35. The van der Waals surface area contributed by atoms with Gasteiger partial charge in [-0.05, 0) is 49.5 Å². The molecular formula is C13H22N2O3S2. The summed E-state index contributed by atoms with van der Waals surface area (Å²) in [6.07, 6.45) is 3.82. The third-order valence-corrected chi connectivity index (χ3v) is 5.09. The summed E-state index contributed by atoms with van der Waals surface area (Å²) >= 11 is 1.75. The predicted octanol–water partition coefficient (Wildman–Crippen LogP) is 2.01. The Bertz CT molecular complexity index is 545. The number of ether oxygens (including phenoxy) is 1. The Morgan fingerprint density at radius 1 is 1.35 bits per heavy atom. The molecule has 0 fully saturated rings. The molecule has 0 aliphatic carbocycles. The molecule has 5 nitrogen and oxygen atoms in total. The molecule has 0 atom stereocenters. The van der Waals surface area contributed by atoms with E-state index in [0.717, 1.165) is 24.2 Å². The number of thioether (sulfide) groups is 1. The summed E-state index contributed by atoms with van der Waals surface area (Å²) in [6.45, 7) is 2.23. The molecule has 0 aromatic heterocycles. The third-order valence-electron chi connectivity index (χ3n) is 2.91. The van der Waals surface area contributed by atoms with Gasteiger partial charge in [-0.3, -0.25) is 0 Å². The SMILES string of the molecule is COc1cc(C)c(N)cc1S(=O)(=O)NCCCCSC. The van der Waals surface area contributed by atoms with Gasteiger partial charge in [-0.1, -0.05) is 0 Å². The molecule has 0 amide bonds. The highest BCUT2D eigenvalue weighted by atomic mass is 32.2. The average molecular weight is 318 g/mol. The van der Waals surface area contributed by atoms with Crippen LogP contribution in [0.15, 0.2) is 17.0 Å². The van der Waals surface area contributed by atoms with Crippen molar-refractivity contribution in [3.8, 4) is 5.75 Å². The molecule has 0 spiro atoms. The summed E-state index contributed by atoms with van der Waals surface area (Å²) in [4.78, 5) is 0.0907. The number of nitrogens with two attached hydrogens (primary N) is 1. The van der Waals surface area contributed by atoms with Crippen LogP contribution in [0.1, 0.15) is 18.4 Å². The third kappa shape index (κ3) is 4.57. The second kappa shape index (κ2) is 7.75. The van der Waals surface area contributed by atoms with Gasteiger partial charge in [-0.2, -0.15) is 11.8 Å². The predicted molar refractivity (Wildman–Crippen MR) is 84.9 cm³/mol. The summed E-state index contributed by atoms with van der Waals surface area (Å²) in [5.41, 5.74) is 7.02. The van der Waals surface area contributed by atoms with Crippen LogP contribution in [0.4, 0.5) is 5.69 Å². The standard InChI is InChI=1S/C13H22N2O3S2/c1-10-8-12(18-2)13(9-11(10)14)20(16,17)15-6-4-5-7-19-3/h8-9,15H,4-7,14H2,1-3H3. The number of sulfonamides is 1. The fourth-order valence-electron chi connectivity index (χ4n) is 1.70. The Kier molecular flexibility index (Phi) is 6.64. The van der Waals surface area contributed by atoms with Crippen molar-refractivity contribution in [3.05, 3.63) is 17.7 Å². The number of hydrogen-bond donors (Lipinski definition) is 2. The fourth-order valence-corrected chi connectivity index (χ4v) is 3.45. The quantitative estimate of drug-likeness (QED) is 0.566. The van der Waals surface area contributed by atoms with E-state index in [-0.39, 0.29) is 4.90 Å². The molecule has 0 radical (unpaired) electrons. The fraction of sp³-hybridized carbons (Fsp3) is 0.538. The number of rotatable bonds is 8. The van der Waals surface area contributed by atoms with E-state index < -0.39 is 10.0 Å². The molecule has 0 bridgehead atoms. The molecule has 0 saturated heterocycles. The molecule has 1 aromatic rings. The number of nitrogen functional groups attached to an aromatic ring is 1. The van der Waals surface area contributed by atoms with Crippen LogP contribution in [-0.2, 0) is 10.0 Å². The van der Waals surface area contributed by atoms with Gasteiger partial charge in [0.2, 0.25) is 10.0 Å². The summed E-state index contributed by atoms with van der Waals surface area (Å²) in [6, 6.07) is 3.08. The van der Waals surface area contributed by atoms with Crippen LogP contribution in [0.2, 0.25) is 0 Å². The van der Waals surface area contributed by atoms with Crippen LogP contribution in [0.25, 0.3) is 0 Å². The van der Waals surface area contributed by atoms with Gasteiger partial charge in [-0.15, -0.1) is 0 Å². The van der Waals surface area contributed by atoms with Crippen molar-refractivity contribution in [3.63, 3.8) is 0 Å². The van der Waals surface area contributed by atoms with Crippen LogP contribution in [0.5, 0.6) is 5.75 Å². The van der Waals surface area contributed by atoms with Gasteiger partial charge >= 0.3 is 0 Å². The van der Waals surface area contributed by atoms with E-state index in [9.17, 15) is 8.42 Å². The van der Waals surface area contributed by atoms with Crippen molar-refractivity contribution in [2.75, 3.05) is 31.4 Å². The molecule has 114 valence electrons. The Morgan fingerprint density at radius 3 is 2.65 bits per heavy atom. The zero-order valence-corrected chi connectivity index (χ0v) is 13.7. The van der Waals surface area contributed by atoms with Crippen molar-refractivity contribution < 1.29 is 13.2 Å².